The van der Waals surface area contributed by atoms with E-state index in [1.807, 2.05) is 25.1 Å². The van der Waals surface area contributed by atoms with Gasteiger partial charge in [0.25, 0.3) is 5.91 Å². The van der Waals surface area contributed by atoms with Crippen molar-refractivity contribution >= 4 is 16.8 Å². The van der Waals surface area contributed by atoms with Gasteiger partial charge in [0, 0.05) is 34.8 Å². The lowest BCUT2D eigenvalue weighted by Gasteiger charge is -2.28. The summed E-state index contributed by atoms with van der Waals surface area (Å²) in [7, 11) is 1.71. The largest absolute Gasteiger partial charge is 0.394 e. The summed E-state index contributed by atoms with van der Waals surface area (Å²) in [6.07, 6.45) is 3.20. The number of aliphatic hydroxyl groups excluding tert-OH is 1. The van der Waals surface area contributed by atoms with Crippen LogP contribution in [0, 0.1) is 5.41 Å². The van der Waals surface area contributed by atoms with Crippen LogP contribution in [0.1, 0.15) is 48.8 Å². The molecule has 0 aliphatic heterocycles. The van der Waals surface area contributed by atoms with Gasteiger partial charge in [-0.25, -0.2) is 0 Å². The minimum atomic E-state index is -0.220. The summed E-state index contributed by atoms with van der Waals surface area (Å²) >= 11 is 0. The second-order valence-corrected chi connectivity index (χ2v) is 8.80. The van der Waals surface area contributed by atoms with E-state index in [0.29, 0.717) is 11.0 Å². The zero-order valence-corrected chi connectivity index (χ0v) is 17.0. The number of carbonyl (C=O) groups is 1. The number of H-pyrrole nitrogens is 2. The van der Waals surface area contributed by atoms with E-state index in [2.05, 4.69) is 35.1 Å². The predicted molar refractivity (Wildman–Crippen MR) is 110 cm³/mol. The van der Waals surface area contributed by atoms with Crippen LogP contribution in [-0.2, 0) is 12.8 Å². The summed E-state index contributed by atoms with van der Waals surface area (Å²) < 4.78 is 0. The number of hydrogen-bond donors (Lipinski definition) is 3. The maximum Gasteiger partial charge on any atom is 0.253 e. The number of nitrogens with one attached hydrogen (secondary N) is 2. The van der Waals surface area contributed by atoms with Gasteiger partial charge >= 0.3 is 0 Å². The second-order valence-electron chi connectivity index (χ2n) is 8.80. The lowest BCUT2D eigenvalue weighted by molar-refractivity contribution is 0.0682. The number of fused-ring (bicyclic) bond motifs is 2. The first-order valence-electron chi connectivity index (χ1n) is 9.86. The molecule has 1 amide bonds. The van der Waals surface area contributed by atoms with Crippen molar-refractivity contribution in [1.29, 1.82) is 0 Å². The highest BCUT2D eigenvalue weighted by Gasteiger charge is 2.29. The molecule has 6 heteroatoms. The molecular weight excluding hydrogens is 352 g/mol. The van der Waals surface area contributed by atoms with Gasteiger partial charge in [-0.15, -0.1) is 0 Å². The average molecular weight is 380 g/mol. The molecule has 28 heavy (non-hydrogen) atoms. The Labute approximate surface area is 165 Å². The standard InChI is InChI=1S/C22H28N4O2/c1-13(12-27)26(4)21(28)15-6-5-14-9-18(23-17(14)10-15)20-16-7-8-22(2,3)11-19(16)24-25-20/h5-6,9-10,13,23,27H,7-8,11-12H2,1-4H3,(H,24,25). The van der Waals surface area contributed by atoms with Gasteiger partial charge in [-0.05, 0) is 49.8 Å². The maximum atomic E-state index is 12.7. The van der Waals surface area contributed by atoms with Gasteiger partial charge in [-0.1, -0.05) is 19.9 Å². The summed E-state index contributed by atoms with van der Waals surface area (Å²) in [6, 6.07) is 7.56. The van der Waals surface area contributed by atoms with Crippen LogP contribution in [0.2, 0.25) is 0 Å². The van der Waals surface area contributed by atoms with E-state index in [-0.39, 0.29) is 18.6 Å². The average Bonchev–Trinajstić information content (AvgIpc) is 3.27. The lowest BCUT2D eigenvalue weighted by Crippen LogP contribution is -2.37. The zero-order chi connectivity index (χ0) is 20.1. The Hall–Kier alpha value is -2.60. The minimum absolute atomic E-state index is 0.0573. The minimum Gasteiger partial charge on any atom is -0.394 e. The molecule has 2 heterocycles. The Morgan fingerprint density at radius 3 is 2.89 bits per heavy atom. The number of nitrogens with zero attached hydrogens (tertiary/aromatic N) is 2. The van der Waals surface area contributed by atoms with Crippen molar-refractivity contribution in [3.8, 4) is 11.4 Å². The third kappa shape index (κ3) is 3.22. The fraction of sp³-hybridized carbons (Fsp3) is 0.455. The van der Waals surface area contributed by atoms with E-state index in [0.717, 1.165) is 41.6 Å². The molecular formula is C22H28N4O2. The van der Waals surface area contributed by atoms with Gasteiger partial charge in [0.2, 0.25) is 0 Å². The van der Waals surface area contributed by atoms with Crippen LogP contribution in [0.5, 0.6) is 0 Å². The summed E-state index contributed by atoms with van der Waals surface area (Å²) in [5.74, 6) is -0.0982. The molecule has 3 N–H and O–H groups in total. The number of amides is 1. The Kier molecular flexibility index (Phi) is 4.54. The Morgan fingerprint density at radius 2 is 2.14 bits per heavy atom. The number of carbonyl (C=O) groups excluding carboxylic acids is 1. The van der Waals surface area contributed by atoms with Gasteiger partial charge in [-0.3, -0.25) is 9.89 Å². The molecule has 0 bridgehead atoms. The first-order chi connectivity index (χ1) is 13.3. The molecule has 3 aromatic rings. The summed E-state index contributed by atoms with van der Waals surface area (Å²) in [4.78, 5) is 17.7. The Bertz CT molecular complexity index is 1030. The highest BCUT2D eigenvalue weighted by Crippen LogP contribution is 2.38. The zero-order valence-electron chi connectivity index (χ0n) is 17.0. The Balaban J connectivity index is 1.67. The molecule has 1 aliphatic rings. The van der Waals surface area contributed by atoms with Gasteiger partial charge in [0.05, 0.1) is 18.3 Å². The van der Waals surface area contributed by atoms with Crippen molar-refractivity contribution in [2.24, 2.45) is 5.41 Å². The fourth-order valence-corrected chi connectivity index (χ4v) is 3.98. The number of hydrogen-bond acceptors (Lipinski definition) is 3. The topological polar surface area (TPSA) is 85.0 Å². The van der Waals surface area contributed by atoms with Crippen molar-refractivity contribution in [3.05, 3.63) is 41.1 Å². The molecule has 0 spiro atoms. The molecule has 1 aliphatic carbocycles. The van der Waals surface area contributed by atoms with Crippen molar-refractivity contribution in [3.63, 3.8) is 0 Å². The molecule has 1 aromatic carbocycles. The summed E-state index contributed by atoms with van der Waals surface area (Å²) in [5, 5.41) is 18.2. The van der Waals surface area contributed by atoms with Crippen LogP contribution >= 0.6 is 0 Å². The number of rotatable bonds is 4. The summed E-state index contributed by atoms with van der Waals surface area (Å²) in [5.41, 5.74) is 6.34. The number of aliphatic hydroxyl groups is 1. The van der Waals surface area contributed by atoms with E-state index in [4.69, 9.17) is 0 Å². The molecule has 1 unspecified atom stereocenters. The predicted octanol–water partition coefficient (Wildman–Crippen LogP) is 3.53. The van der Waals surface area contributed by atoms with Crippen molar-refractivity contribution < 1.29 is 9.90 Å². The van der Waals surface area contributed by atoms with Crippen molar-refractivity contribution in [2.45, 2.75) is 46.1 Å². The normalized spacial score (nSPS) is 16.8. The number of likely N-dealkylation sites (N-methyl/N-ethyl adjacent to an activating group) is 1. The van der Waals surface area contributed by atoms with Gasteiger partial charge < -0.3 is 15.0 Å². The molecule has 1 atom stereocenters. The molecule has 0 fully saturated rings. The van der Waals surface area contributed by atoms with E-state index < -0.39 is 0 Å². The first kappa shape index (κ1) is 18.7. The smallest absolute Gasteiger partial charge is 0.253 e. The molecule has 0 saturated heterocycles. The molecule has 148 valence electrons. The van der Waals surface area contributed by atoms with Crippen LogP contribution in [0.3, 0.4) is 0 Å². The fourth-order valence-electron chi connectivity index (χ4n) is 3.98. The van der Waals surface area contributed by atoms with E-state index in [1.165, 1.54) is 11.3 Å². The van der Waals surface area contributed by atoms with Crippen LogP contribution in [0.15, 0.2) is 24.3 Å². The van der Waals surface area contributed by atoms with Crippen LogP contribution < -0.4 is 0 Å². The van der Waals surface area contributed by atoms with E-state index >= 15 is 0 Å². The Morgan fingerprint density at radius 1 is 1.36 bits per heavy atom. The van der Waals surface area contributed by atoms with Crippen molar-refractivity contribution in [1.82, 2.24) is 20.1 Å². The van der Waals surface area contributed by atoms with Crippen LogP contribution in [0.25, 0.3) is 22.3 Å². The SMILES string of the molecule is CC(CO)N(C)C(=O)c1ccc2cc(-c3n[nH]c4c3CCC(C)(C)C4)[nH]c2c1. The monoisotopic (exact) mass is 380 g/mol. The molecule has 0 saturated carbocycles. The number of aromatic nitrogens is 3. The molecule has 4 rings (SSSR count). The molecule has 2 aromatic heterocycles. The van der Waals surface area contributed by atoms with Crippen LogP contribution in [0.4, 0.5) is 0 Å². The molecule has 6 nitrogen and oxygen atoms in total. The van der Waals surface area contributed by atoms with Gasteiger partial charge in [-0.2, -0.15) is 5.10 Å². The third-order valence-corrected chi connectivity index (χ3v) is 6.03. The highest BCUT2D eigenvalue weighted by atomic mass is 16.3. The number of benzene rings is 1. The van der Waals surface area contributed by atoms with Gasteiger partial charge in [0.1, 0.15) is 5.69 Å². The third-order valence-electron chi connectivity index (χ3n) is 6.03. The van der Waals surface area contributed by atoms with Gasteiger partial charge in [0.15, 0.2) is 0 Å². The van der Waals surface area contributed by atoms with Crippen molar-refractivity contribution in [2.75, 3.05) is 13.7 Å². The highest BCUT2D eigenvalue weighted by molar-refractivity contribution is 5.98. The quantitative estimate of drug-likeness (QED) is 0.647. The summed E-state index contributed by atoms with van der Waals surface area (Å²) in [6.45, 7) is 6.36. The van der Waals surface area contributed by atoms with E-state index in [9.17, 15) is 9.90 Å². The first-order valence-corrected chi connectivity index (χ1v) is 9.86. The van der Waals surface area contributed by atoms with Crippen LogP contribution in [-0.4, -0.2) is 50.8 Å². The maximum absolute atomic E-state index is 12.7. The number of aromatic amines is 2. The lowest BCUT2D eigenvalue weighted by atomic mass is 9.76. The van der Waals surface area contributed by atoms with E-state index in [1.54, 1.807) is 11.9 Å². The second kappa shape index (κ2) is 6.78. The molecule has 0 radical (unpaired) electrons.